The van der Waals surface area contributed by atoms with Gasteiger partial charge in [0, 0.05) is 0 Å². The average molecular weight is 407 g/mol. The highest BCUT2D eigenvalue weighted by Gasteiger charge is 2.24. The highest BCUT2D eigenvalue weighted by Crippen LogP contribution is 2.34. The number of amides is 1. The second-order valence-electron chi connectivity index (χ2n) is 5.17. The maximum absolute atomic E-state index is 12.1. The second kappa shape index (κ2) is 7.95. The maximum Gasteiger partial charge on any atom is 0.337 e. The monoisotopic (exact) mass is 406 g/mol. The molecule has 1 N–H and O–H groups in total. The van der Waals surface area contributed by atoms with Gasteiger partial charge in [-0.2, -0.15) is 0 Å². The van der Waals surface area contributed by atoms with Crippen LogP contribution in [0.15, 0.2) is 52.4 Å². The molecule has 1 amide bonds. The van der Waals surface area contributed by atoms with Crippen molar-refractivity contribution in [2.75, 3.05) is 7.11 Å². The summed E-state index contributed by atoms with van der Waals surface area (Å²) in [5.41, 5.74) is 1.69. The summed E-state index contributed by atoms with van der Waals surface area (Å²) in [5, 5.41) is 3.82. The molecule has 3 rings (SSSR count). The predicted molar refractivity (Wildman–Crippen MR) is 105 cm³/mol. The number of nitrogens with zero attached hydrogens (tertiary/aromatic N) is 1. The van der Waals surface area contributed by atoms with Crippen molar-refractivity contribution >= 4 is 63.8 Å². The van der Waals surface area contributed by atoms with Gasteiger partial charge in [0.2, 0.25) is 0 Å². The number of nitrogens with one attached hydrogen (secondary N) is 1. The average Bonchev–Trinajstić information content (AvgIpc) is 2.98. The number of hydrogen-bond donors (Lipinski definition) is 1. The van der Waals surface area contributed by atoms with E-state index in [1.54, 1.807) is 48.5 Å². The largest absolute Gasteiger partial charge is 0.465 e. The lowest BCUT2D eigenvalue weighted by Crippen LogP contribution is -2.19. The van der Waals surface area contributed by atoms with Crippen molar-refractivity contribution in [1.82, 2.24) is 5.32 Å². The zero-order valence-corrected chi connectivity index (χ0v) is 15.8. The molecule has 1 heterocycles. The standard InChI is InChI=1S/C18H12Cl2N2O3S/c1-25-17(24)11-7-5-10(6-8-11)9-14-16(23)22-18(26-14)21-13-4-2-3-12(19)15(13)20/h2-9H,1H3,(H,21,22,23). The number of aliphatic imine (C=N–C) groups is 1. The molecular weight excluding hydrogens is 395 g/mol. The highest BCUT2D eigenvalue weighted by atomic mass is 35.5. The first kappa shape index (κ1) is 18.5. The second-order valence-corrected chi connectivity index (χ2v) is 6.98. The van der Waals surface area contributed by atoms with Gasteiger partial charge in [-0.15, -0.1) is 0 Å². The lowest BCUT2D eigenvalue weighted by Gasteiger charge is -2.01. The van der Waals surface area contributed by atoms with Crippen molar-refractivity contribution in [3.63, 3.8) is 0 Å². The van der Waals surface area contributed by atoms with Gasteiger partial charge >= 0.3 is 5.97 Å². The lowest BCUT2D eigenvalue weighted by atomic mass is 10.1. The summed E-state index contributed by atoms with van der Waals surface area (Å²) in [7, 11) is 1.32. The van der Waals surface area contributed by atoms with Crippen LogP contribution in [0.5, 0.6) is 0 Å². The van der Waals surface area contributed by atoms with Crippen molar-refractivity contribution in [3.8, 4) is 0 Å². The lowest BCUT2D eigenvalue weighted by molar-refractivity contribution is -0.115. The van der Waals surface area contributed by atoms with Crippen LogP contribution in [0.4, 0.5) is 5.69 Å². The van der Waals surface area contributed by atoms with Crippen LogP contribution in [-0.2, 0) is 9.53 Å². The normalized spacial score (nSPS) is 16.8. The number of carbonyl (C=O) groups excluding carboxylic acids is 2. The Balaban J connectivity index is 1.81. The van der Waals surface area contributed by atoms with Crippen LogP contribution in [0, 0.1) is 0 Å². The van der Waals surface area contributed by atoms with Gasteiger partial charge in [-0.25, -0.2) is 9.79 Å². The zero-order chi connectivity index (χ0) is 18.7. The van der Waals surface area contributed by atoms with E-state index in [4.69, 9.17) is 23.2 Å². The topological polar surface area (TPSA) is 67.8 Å². The van der Waals surface area contributed by atoms with E-state index in [1.807, 2.05) is 0 Å². The third kappa shape index (κ3) is 4.09. The summed E-state index contributed by atoms with van der Waals surface area (Å²) >= 11 is 13.3. The predicted octanol–water partition coefficient (Wildman–Crippen LogP) is 4.67. The van der Waals surface area contributed by atoms with E-state index in [-0.39, 0.29) is 5.91 Å². The molecule has 1 aliphatic heterocycles. The molecule has 132 valence electrons. The SMILES string of the molecule is COC(=O)c1ccc(C=C2SC(=Nc3cccc(Cl)c3Cl)NC2=O)cc1. The quantitative estimate of drug-likeness (QED) is 0.593. The molecule has 0 aliphatic carbocycles. The molecule has 1 fully saturated rings. The van der Waals surface area contributed by atoms with Crippen molar-refractivity contribution in [1.29, 1.82) is 0 Å². The molecule has 0 bridgehead atoms. The number of methoxy groups -OCH3 is 1. The van der Waals surface area contributed by atoms with E-state index in [9.17, 15) is 9.59 Å². The molecule has 2 aromatic rings. The van der Waals surface area contributed by atoms with Crippen LogP contribution < -0.4 is 5.32 Å². The van der Waals surface area contributed by atoms with Gasteiger partial charge in [-0.05, 0) is 47.7 Å². The highest BCUT2D eigenvalue weighted by molar-refractivity contribution is 8.18. The molecule has 0 radical (unpaired) electrons. The minimum atomic E-state index is -0.412. The van der Waals surface area contributed by atoms with Gasteiger partial charge < -0.3 is 10.1 Å². The molecule has 5 nitrogen and oxygen atoms in total. The first-order valence-corrected chi connectivity index (χ1v) is 8.97. The van der Waals surface area contributed by atoms with Gasteiger partial charge in [0.05, 0.1) is 33.3 Å². The Morgan fingerprint density at radius 2 is 1.92 bits per heavy atom. The fraction of sp³-hybridized carbons (Fsp3) is 0.0556. The summed E-state index contributed by atoms with van der Waals surface area (Å²) in [4.78, 5) is 28.4. The first-order valence-electron chi connectivity index (χ1n) is 7.40. The summed E-state index contributed by atoms with van der Waals surface area (Å²) in [5.74, 6) is -0.672. The number of hydrogen-bond acceptors (Lipinski definition) is 5. The molecule has 0 saturated carbocycles. The molecular formula is C18H12Cl2N2O3S. The molecule has 0 aromatic heterocycles. The van der Waals surface area contributed by atoms with Crippen molar-refractivity contribution < 1.29 is 14.3 Å². The zero-order valence-electron chi connectivity index (χ0n) is 13.5. The Morgan fingerprint density at radius 1 is 1.19 bits per heavy atom. The van der Waals surface area contributed by atoms with Gasteiger partial charge in [-0.1, -0.05) is 41.4 Å². The Labute approximate surface area is 164 Å². The fourth-order valence-electron chi connectivity index (χ4n) is 2.15. The Morgan fingerprint density at radius 3 is 2.62 bits per heavy atom. The van der Waals surface area contributed by atoms with Crippen LogP contribution in [-0.4, -0.2) is 24.2 Å². The van der Waals surface area contributed by atoms with E-state index >= 15 is 0 Å². The fourth-order valence-corrected chi connectivity index (χ4v) is 3.33. The number of esters is 1. The van der Waals surface area contributed by atoms with E-state index in [2.05, 4.69) is 15.0 Å². The van der Waals surface area contributed by atoms with Crippen LogP contribution in [0.25, 0.3) is 6.08 Å². The molecule has 1 saturated heterocycles. The van der Waals surface area contributed by atoms with Crippen molar-refractivity contribution in [2.45, 2.75) is 0 Å². The van der Waals surface area contributed by atoms with Gasteiger partial charge in [-0.3, -0.25) is 4.79 Å². The smallest absolute Gasteiger partial charge is 0.337 e. The number of ether oxygens (including phenoxy) is 1. The van der Waals surface area contributed by atoms with Crippen LogP contribution in [0.3, 0.4) is 0 Å². The molecule has 0 atom stereocenters. The number of amidine groups is 1. The minimum absolute atomic E-state index is 0.260. The molecule has 0 spiro atoms. The number of rotatable bonds is 3. The Hall–Kier alpha value is -2.28. The van der Waals surface area contributed by atoms with Gasteiger partial charge in [0.1, 0.15) is 0 Å². The third-order valence-corrected chi connectivity index (χ3v) is 5.15. The van der Waals surface area contributed by atoms with E-state index in [1.165, 1.54) is 18.9 Å². The number of benzene rings is 2. The first-order chi connectivity index (χ1) is 12.5. The summed E-state index contributed by atoms with van der Waals surface area (Å²) in [6, 6.07) is 11.8. The summed E-state index contributed by atoms with van der Waals surface area (Å²) in [6.45, 7) is 0. The van der Waals surface area contributed by atoms with Crippen LogP contribution in [0.2, 0.25) is 10.0 Å². The van der Waals surface area contributed by atoms with E-state index in [0.29, 0.717) is 31.4 Å². The third-order valence-electron chi connectivity index (χ3n) is 3.43. The number of halogens is 2. The van der Waals surface area contributed by atoms with Crippen LogP contribution in [0.1, 0.15) is 15.9 Å². The molecule has 2 aromatic carbocycles. The van der Waals surface area contributed by atoms with Crippen molar-refractivity contribution in [2.24, 2.45) is 4.99 Å². The Kier molecular flexibility index (Phi) is 5.66. The molecule has 1 aliphatic rings. The van der Waals surface area contributed by atoms with Gasteiger partial charge in [0.15, 0.2) is 5.17 Å². The number of carbonyl (C=O) groups is 2. The summed E-state index contributed by atoms with van der Waals surface area (Å²) in [6.07, 6.45) is 1.71. The molecule has 26 heavy (non-hydrogen) atoms. The Bertz CT molecular complexity index is 940. The van der Waals surface area contributed by atoms with Gasteiger partial charge in [0.25, 0.3) is 5.91 Å². The summed E-state index contributed by atoms with van der Waals surface area (Å²) < 4.78 is 4.66. The maximum atomic E-state index is 12.1. The van der Waals surface area contributed by atoms with Crippen molar-refractivity contribution in [3.05, 3.63) is 68.5 Å². The van der Waals surface area contributed by atoms with Crippen LogP contribution >= 0.6 is 35.0 Å². The minimum Gasteiger partial charge on any atom is -0.465 e. The van der Waals surface area contributed by atoms with E-state index < -0.39 is 5.97 Å². The molecule has 0 unspecified atom stereocenters. The molecule has 8 heteroatoms. The van der Waals surface area contributed by atoms with E-state index in [0.717, 1.165) is 5.56 Å². The number of thioether (sulfide) groups is 1.